The maximum Gasteiger partial charge on any atom is 0.377 e. The van der Waals surface area contributed by atoms with Gasteiger partial charge in [-0.2, -0.15) is 0 Å². The van der Waals surface area contributed by atoms with Crippen LogP contribution >= 0.6 is 32.4 Å². The molecular formula is C3H7O3PS2. The number of hydrogen-bond donors (Lipinski definition) is 1. The van der Waals surface area contributed by atoms with E-state index in [0.717, 1.165) is 0 Å². The highest BCUT2D eigenvalue weighted by Gasteiger charge is 2.24. The molecule has 0 aliphatic heterocycles. The molecule has 54 valence electrons. The maximum atomic E-state index is 11.0. The minimum Gasteiger partial charge on any atom is -0.308 e. The van der Waals surface area contributed by atoms with E-state index >= 15 is 0 Å². The topological polar surface area (TPSA) is 35.5 Å². The first-order valence-corrected chi connectivity index (χ1v) is 4.41. The van der Waals surface area contributed by atoms with E-state index in [1.165, 1.54) is 14.2 Å². The summed E-state index contributed by atoms with van der Waals surface area (Å²) in [5, 5.41) is 0. The van der Waals surface area contributed by atoms with E-state index in [0.29, 0.717) is 0 Å². The van der Waals surface area contributed by atoms with Crippen LogP contribution < -0.4 is 0 Å². The zero-order valence-corrected chi connectivity index (χ0v) is 7.63. The molecule has 0 unspecified atom stereocenters. The first kappa shape index (κ1) is 9.59. The number of thiol groups is 1. The molecule has 6 heteroatoms. The molecule has 0 amide bonds. The molecule has 0 saturated heterocycles. The van der Waals surface area contributed by atoms with Crippen molar-refractivity contribution in [2.24, 2.45) is 0 Å². The van der Waals surface area contributed by atoms with Gasteiger partial charge in [0.2, 0.25) is 0 Å². The third-order valence-corrected chi connectivity index (χ3v) is 3.55. The Balaban J connectivity index is 4.30. The standard InChI is InChI=1S/C3H7O3PS2/c1-5-7(4,6-2)3(8)9/h1-2H3,(H,8,9). The largest absolute Gasteiger partial charge is 0.377 e. The quantitative estimate of drug-likeness (QED) is 0.413. The molecule has 0 fully saturated rings. The Labute approximate surface area is 64.7 Å². The molecule has 0 saturated carbocycles. The SMILES string of the molecule is COP(=O)(OC)C(=S)S. The molecule has 9 heavy (non-hydrogen) atoms. The molecule has 0 aliphatic carbocycles. The van der Waals surface area contributed by atoms with Gasteiger partial charge in [0.1, 0.15) is 0 Å². The fraction of sp³-hybridized carbons (Fsp3) is 0.667. The smallest absolute Gasteiger partial charge is 0.308 e. The fourth-order valence-electron chi connectivity index (χ4n) is 0.231. The maximum absolute atomic E-state index is 11.0. The van der Waals surface area contributed by atoms with Gasteiger partial charge in [-0.05, 0) is 0 Å². The minimum atomic E-state index is -3.16. The predicted molar refractivity (Wildman–Crippen MR) is 43.2 cm³/mol. The average molecular weight is 186 g/mol. The van der Waals surface area contributed by atoms with Gasteiger partial charge >= 0.3 is 7.60 Å². The molecule has 0 bridgehead atoms. The van der Waals surface area contributed by atoms with Gasteiger partial charge < -0.3 is 9.05 Å². The second kappa shape index (κ2) is 3.68. The van der Waals surface area contributed by atoms with Gasteiger partial charge in [0.15, 0.2) is 3.94 Å². The Morgan fingerprint density at radius 2 is 1.89 bits per heavy atom. The van der Waals surface area contributed by atoms with Crippen molar-refractivity contribution in [1.82, 2.24) is 0 Å². The Morgan fingerprint density at radius 1 is 1.56 bits per heavy atom. The van der Waals surface area contributed by atoms with Crippen molar-refractivity contribution in [3.8, 4) is 0 Å². The van der Waals surface area contributed by atoms with E-state index in [2.05, 4.69) is 33.9 Å². The van der Waals surface area contributed by atoms with Gasteiger partial charge in [-0.3, -0.25) is 4.57 Å². The lowest BCUT2D eigenvalue weighted by atomic mass is 11.8. The van der Waals surface area contributed by atoms with Crippen molar-refractivity contribution in [3.05, 3.63) is 0 Å². The van der Waals surface area contributed by atoms with Crippen LogP contribution in [-0.2, 0) is 13.6 Å². The summed E-state index contributed by atoms with van der Waals surface area (Å²) in [6, 6.07) is 0. The van der Waals surface area contributed by atoms with E-state index in [1.54, 1.807) is 0 Å². The van der Waals surface area contributed by atoms with Gasteiger partial charge in [0, 0.05) is 14.2 Å². The van der Waals surface area contributed by atoms with Crippen LogP contribution in [0.1, 0.15) is 0 Å². The molecule has 0 N–H and O–H groups in total. The van der Waals surface area contributed by atoms with Crippen molar-refractivity contribution < 1.29 is 13.6 Å². The lowest BCUT2D eigenvalue weighted by molar-refractivity contribution is 0.291. The highest BCUT2D eigenvalue weighted by atomic mass is 32.1. The summed E-state index contributed by atoms with van der Waals surface area (Å²) in [5.41, 5.74) is 0. The summed E-state index contributed by atoms with van der Waals surface area (Å²) in [6.07, 6.45) is 0. The molecule has 0 aromatic rings. The van der Waals surface area contributed by atoms with E-state index in [-0.39, 0.29) is 3.94 Å². The highest BCUT2D eigenvalue weighted by Crippen LogP contribution is 2.49. The van der Waals surface area contributed by atoms with Crippen LogP contribution in [-0.4, -0.2) is 18.2 Å². The summed E-state index contributed by atoms with van der Waals surface area (Å²) < 4.78 is 19.9. The van der Waals surface area contributed by atoms with Gasteiger partial charge in [-0.1, -0.05) is 12.2 Å². The molecule has 0 atom stereocenters. The molecule has 0 rings (SSSR count). The normalized spacial score (nSPS) is 11.4. The first-order chi connectivity index (χ1) is 4.06. The Kier molecular flexibility index (Phi) is 3.93. The first-order valence-electron chi connectivity index (χ1n) is 2.02. The zero-order valence-electron chi connectivity index (χ0n) is 5.03. The van der Waals surface area contributed by atoms with Crippen molar-refractivity contribution in [2.45, 2.75) is 0 Å². The highest BCUT2D eigenvalue weighted by molar-refractivity contribution is 8.26. The van der Waals surface area contributed by atoms with Crippen LogP contribution in [0.25, 0.3) is 0 Å². The third kappa shape index (κ3) is 2.35. The number of hydrogen-bond acceptors (Lipinski definition) is 4. The van der Waals surface area contributed by atoms with Crippen molar-refractivity contribution in [2.75, 3.05) is 14.2 Å². The van der Waals surface area contributed by atoms with E-state index in [1.807, 2.05) is 0 Å². The summed E-state index contributed by atoms with van der Waals surface area (Å²) in [5.74, 6) is 0. The fourth-order valence-corrected chi connectivity index (χ4v) is 1.63. The van der Waals surface area contributed by atoms with Crippen LogP contribution in [0.2, 0.25) is 0 Å². The van der Waals surface area contributed by atoms with Crippen LogP contribution in [0.5, 0.6) is 0 Å². The lowest BCUT2D eigenvalue weighted by Gasteiger charge is -2.09. The Hall–Kier alpha value is 0.590. The van der Waals surface area contributed by atoms with Crippen molar-refractivity contribution in [3.63, 3.8) is 0 Å². The molecule has 0 aromatic heterocycles. The Bertz CT molecular complexity index is 149. The second-order valence-corrected chi connectivity index (χ2v) is 5.13. The minimum absolute atomic E-state index is 0.0486. The van der Waals surface area contributed by atoms with E-state index in [9.17, 15) is 4.57 Å². The van der Waals surface area contributed by atoms with E-state index in [4.69, 9.17) is 0 Å². The molecule has 0 spiro atoms. The lowest BCUT2D eigenvalue weighted by Crippen LogP contribution is -1.92. The molecule has 0 aromatic carbocycles. The second-order valence-electron chi connectivity index (χ2n) is 1.15. The zero-order chi connectivity index (χ0) is 7.49. The summed E-state index contributed by atoms with van der Waals surface area (Å²) in [7, 11) is -0.644. The average Bonchev–Trinajstić information content (AvgIpc) is 1.86. The predicted octanol–water partition coefficient (Wildman–Crippen LogP) is 1.69. The van der Waals surface area contributed by atoms with Gasteiger partial charge in [0.25, 0.3) is 0 Å². The van der Waals surface area contributed by atoms with Crippen LogP contribution in [0.15, 0.2) is 0 Å². The van der Waals surface area contributed by atoms with Crippen molar-refractivity contribution >= 4 is 36.4 Å². The van der Waals surface area contributed by atoms with Gasteiger partial charge in [-0.15, -0.1) is 12.6 Å². The van der Waals surface area contributed by atoms with Crippen LogP contribution in [0.4, 0.5) is 0 Å². The number of thiocarbonyl (C=S) groups is 1. The summed E-state index contributed by atoms with van der Waals surface area (Å²) in [4.78, 5) is 0. The summed E-state index contributed by atoms with van der Waals surface area (Å²) >= 11 is 8.14. The summed E-state index contributed by atoms with van der Waals surface area (Å²) in [6.45, 7) is 0. The van der Waals surface area contributed by atoms with Crippen LogP contribution in [0.3, 0.4) is 0 Å². The van der Waals surface area contributed by atoms with Crippen molar-refractivity contribution in [1.29, 1.82) is 0 Å². The van der Waals surface area contributed by atoms with E-state index < -0.39 is 7.60 Å². The van der Waals surface area contributed by atoms with Crippen LogP contribution in [0, 0.1) is 0 Å². The molecule has 0 radical (unpaired) electrons. The Morgan fingerprint density at radius 3 is 1.89 bits per heavy atom. The van der Waals surface area contributed by atoms with Gasteiger partial charge in [-0.25, -0.2) is 0 Å². The molecule has 0 heterocycles. The molecular weight excluding hydrogens is 179 g/mol. The third-order valence-electron chi connectivity index (χ3n) is 0.715. The monoisotopic (exact) mass is 186 g/mol. The molecule has 3 nitrogen and oxygen atoms in total. The van der Waals surface area contributed by atoms with Gasteiger partial charge in [0.05, 0.1) is 0 Å². The molecule has 0 aliphatic rings. The number of rotatable bonds is 3.